The van der Waals surface area contributed by atoms with E-state index in [0.29, 0.717) is 17.1 Å². The fourth-order valence-electron chi connectivity index (χ4n) is 3.27. The lowest BCUT2D eigenvalue weighted by atomic mass is 10.1. The molecule has 31 heavy (non-hydrogen) atoms. The van der Waals surface area contributed by atoms with Crippen LogP contribution in [0.15, 0.2) is 48.5 Å². The molecule has 2 aromatic carbocycles. The Morgan fingerprint density at radius 3 is 2.29 bits per heavy atom. The molecule has 1 atom stereocenters. The van der Waals surface area contributed by atoms with Crippen molar-refractivity contribution in [2.45, 2.75) is 32.9 Å². The maximum Gasteiger partial charge on any atom is 0.244 e. The number of amides is 2. The lowest BCUT2D eigenvalue weighted by Gasteiger charge is -2.32. The van der Waals surface area contributed by atoms with Crippen LogP contribution in [0.5, 0.6) is 0 Å². The smallest absolute Gasteiger partial charge is 0.244 e. The molecule has 0 aliphatic rings. The molecule has 7 nitrogen and oxygen atoms in total. The predicted molar refractivity (Wildman–Crippen MR) is 124 cm³/mol. The molecular weight excluding hydrogens is 438 g/mol. The first kappa shape index (κ1) is 24.7. The molecule has 2 rings (SSSR count). The Hall–Kier alpha value is -2.58. The molecule has 2 amide bonds. The van der Waals surface area contributed by atoms with Gasteiger partial charge >= 0.3 is 0 Å². The number of hydrogen-bond acceptors (Lipinski definition) is 4. The molecule has 0 fully saturated rings. The van der Waals surface area contributed by atoms with Crippen LogP contribution in [0.2, 0.25) is 5.02 Å². The summed E-state index contributed by atoms with van der Waals surface area (Å²) in [5, 5.41) is 3.14. The number of benzene rings is 2. The third-order valence-corrected chi connectivity index (χ3v) is 6.26. The van der Waals surface area contributed by atoms with Crippen molar-refractivity contribution in [3.63, 3.8) is 0 Å². The van der Waals surface area contributed by atoms with E-state index in [0.717, 1.165) is 21.7 Å². The number of carbonyl (C=O) groups is 2. The molecular formula is C22H28ClN3O4S. The molecule has 0 radical (unpaired) electrons. The van der Waals surface area contributed by atoms with E-state index >= 15 is 0 Å². The number of carbonyl (C=O) groups excluding carboxylic acids is 2. The minimum Gasteiger partial charge on any atom is -0.357 e. The Balaban J connectivity index is 2.41. The van der Waals surface area contributed by atoms with Gasteiger partial charge in [-0.05, 0) is 48.7 Å². The van der Waals surface area contributed by atoms with Gasteiger partial charge in [0.05, 0.1) is 11.9 Å². The lowest BCUT2D eigenvalue weighted by molar-refractivity contribution is -0.140. The summed E-state index contributed by atoms with van der Waals surface area (Å²) in [4.78, 5) is 27.2. The summed E-state index contributed by atoms with van der Waals surface area (Å²) in [5.41, 5.74) is 2.05. The third kappa shape index (κ3) is 6.70. The van der Waals surface area contributed by atoms with Crippen molar-refractivity contribution in [3.05, 3.63) is 64.7 Å². The molecule has 0 aliphatic heterocycles. The van der Waals surface area contributed by atoms with Crippen molar-refractivity contribution < 1.29 is 18.0 Å². The van der Waals surface area contributed by atoms with Crippen LogP contribution in [-0.4, -0.2) is 51.0 Å². The highest BCUT2D eigenvalue weighted by Gasteiger charge is 2.31. The number of sulfonamides is 1. The second-order valence-electron chi connectivity index (χ2n) is 7.30. The summed E-state index contributed by atoms with van der Waals surface area (Å²) in [6.45, 7) is 3.38. The van der Waals surface area contributed by atoms with Crippen LogP contribution in [0.25, 0.3) is 0 Å². The van der Waals surface area contributed by atoms with E-state index in [9.17, 15) is 18.0 Å². The first-order valence-electron chi connectivity index (χ1n) is 9.86. The first-order chi connectivity index (χ1) is 14.6. The minimum absolute atomic E-state index is 0.146. The van der Waals surface area contributed by atoms with E-state index < -0.39 is 28.5 Å². The highest BCUT2D eigenvalue weighted by atomic mass is 35.5. The SMILES string of the molecule is CC[C@@H](C(=O)NC)N(Cc1ccc(Cl)cc1)C(=O)CN(c1cccc(C)c1)S(C)(=O)=O. The van der Waals surface area contributed by atoms with Crippen LogP contribution in [-0.2, 0) is 26.2 Å². The van der Waals surface area contributed by atoms with Gasteiger partial charge in [0.25, 0.3) is 0 Å². The second kappa shape index (κ2) is 10.6. The normalized spacial score (nSPS) is 12.2. The lowest BCUT2D eigenvalue weighted by Crippen LogP contribution is -2.51. The van der Waals surface area contributed by atoms with Crippen molar-refractivity contribution in [1.29, 1.82) is 0 Å². The van der Waals surface area contributed by atoms with Gasteiger partial charge in [-0.15, -0.1) is 0 Å². The molecule has 1 N–H and O–H groups in total. The van der Waals surface area contributed by atoms with Gasteiger partial charge in [0.15, 0.2) is 0 Å². The maximum absolute atomic E-state index is 13.4. The van der Waals surface area contributed by atoms with Gasteiger partial charge in [0.2, 0.25) is 21.8 Å². The Morgan fingerprint density at radius 1 is 1.13 bits per heavy atom. The number of likely N-dealkylation sites (N-methyl/N-ethyl adjacent to an activating group) is 1. The molecule has 0 spiro atoms. The first-order valence-corrected chi connectivity index (χ1v) is 12.1. The minimum atomic E-state index is -3.73. The van der Waals surface area contributed by atoms with Crippen LogP contribution >= 0.6 is 11.6 Å². The molecule has 0 bridgehead atoms. The monoisotopic (exact) mass is 465 g/mol. The van der Waals surface area contributed by atoms with Crippen LogP contribution in [0.3, 0.4) is 0 Å². The fourth-order valence-corrected chi connectivity index (χ4v) is 4.24. The average Bonchev–Trinajstić information content (AvgIpc) is 2.72. The van der Waals surface area contributed by atoms with Crippen LogP contribution in [0, 0.1) is 6.92 Å². The molecule has 0 aliphatic carbocycles. The Labute approximate surface area is 189 Å². The number of hydrogen-bond donors (Lipinski definition) is 1. The van der Waals surface area contributed by atoms with Crippen molar-refractivity contribution in [2.24, 2.45) is 0 Å². The summed E-state index contributed by atoms with van der Waals surface area (Å²) in [5.74, 6) is -0.788. The summed E-state index contributed by atoms with van der Waals surface area (Å²) in [6.07, 6.45) is 1.44. The Morgan fingerprint density at radius 2 is 1.77 bits per heavy atom. The fraction of sp³-hybridized carbons (Fsp3) is 0.364. The topological polar surface area (TPSA) is 86.8 Å². The molecule has 9 heteroatoms. The number of aryl methyl sites for hydroxylation is 1. The van der Waals surface area contributed by atoms with Crippen molar-refractivity contribution in [3.8, 4) is 0 Å². The zero-order valence-corrected chi connectivity index (χ0v) is 19.7. The molecule has 2 aromatic rings. The maximum atomic E-state index is 13.4. The van der Waals surface area contributed by atoms with Crippen LogP contribution in [0.1, 0.15) is 24.5 Å². The van der Waals surface area contributed by atoms with Gasteiger partial charge in [0, 0.05) is 18.6 Å². The van der Waals surface area contributed by atoms with E-state index in [-0.39, 0.29) is 12.5 Å². The Kier molecular flexibility index (Phi) is 8.47. The molecule has 168 valence electrons. The highest BCUT2D eigenvalue weighted by molar-refractivity contribution is 7.92. The van der Waals surface area contributed by atoms with E-state index in [1.54, 1.807) is 49.4 Å². The van der Waals surface area contributed by atoms with Crippen molar-refractivity contribution >= 4 is 39.1 Å². The van der Waals surface area contributed by atoms with Crippen molar-refractivity contribution in [2.75, 3.05) is 24.2 Å². The van der Waals surface area contributed by atoms with Gasteiger partial charge in [-0.1, -0.05) is 42.8 Å². The molecule has 0 aromatic heterocycles. The molecule has 0 heterocycles. The zero-order chi connectivity index (χ0) is 23.2. The molecule has 0 saturated carbocycles. The standard InChI is InChI=1S/C22H28ClN3O4S/c1-5-20(22(28)24-3)25(14-17-9-11-18(23)12-10-17)21(27)15-26(31(4,29)30)19-8-6-7-16(2)13-19/h6-13,20H,5,14-15H2,1-4H3,(H,24,28)/t20-/m0/s1. The predicted octanol–water partition coefficient (Wildman–Crippen LogP) is 2.97. The van der Waals surface area contributed by atoms with E-state index in [1.807, 2.05) is 13.0 Å². The summed E-state index contributed by atoms with van der Waals surface area (Å²) >= 11 is 5.96. The quantitative estimate of drug-likeness (QED) is 0.616. The second-order valence-corrected chi connectivity index (χ2v) is 9.64. The van der Waals surface area contributed by atoms with Gasteiger partial charge in [0.1, 0.15) is 12.6 Å². The molecule has 0 saturated heterocycles. The van der Waals surface area contributed by atoms with Gasteiger partial charge in [-0.3, -0.25) is 13.9 Å². The van der Waals surface area contributed by atoms with Gasteiger partial charge in [-0.25, -0.2) is 8.42 Å². The summed E-state index contributed by atoms with van der Waals surface area (Å²) < 4.78 is 26.0. The highest BCUT2D eigenvalue weighted by Crippen LogP contribution is 2.21. The van der Waals surface area contributed by atoms with Crippen LogP contribution in [0.4, 0.5) is 5.69 Å². The van der Waals surface area contributed by atoms with E-state index in [4.69, 9.17) is 11.6 Å². The number of anilines is 1. The number of nitrogens with one attached hydrogen (secondary N) is 1. The number of rotatable bonds is 9. The van der Waals surface area contributed by atoms with Crippen LogP contribution < -0.4 is 9.62 Å². The van der Waals surface area contributed by atoms with E-state index in [1.165, 1.54) is 11.9 Å². The van der Waals surface area contributed by atoms with E-state index in [2.05, 4.69) is 5.32 Å². The molecule has 0 unspecified atom stereocenters. The summed E-state index contributed by atoms with van der Waals surface area (Å²) in [6, 6.07) is 13.1. The van der Waals surface area contributed by atoms with Gasteiger partial charge < -0.3 is 10.2 Å². The number of halogens is 1. The summed E-state index contributed by atoms with van der Waals surface area (Å²) in [7, 11) is -2.23. The zero-order valence-electron chi connectivity index (χ0n) is 18.1. The van der Waals surface area contributed by atoms with Gasteiger partial charge in [-0.2, -0.15) is 0 Å². The van der Waals surface area contributed by atoms with Crippen molar-refractivity contribution in [1.82, 2.24) is 10.2 Å². The average molecular weight is 466 g/mol. The Bertz CT molecular complexity index is 1030. The number of nitrogens with zero attached hydrogens (tertiary/aromatic N) is 2. The third-order valence-electron chi connectivity index (χ3n) is 4.87. The largest absolute Gasteiger partial charge is 0.357 e.